The van der Waals surface area contributed by atoms with Crippen LogP contribution in [0.5, 0.6) is 0 Å². The Balaban J connectivity index is 1.92. The lowest BCUT2D eigenvalue weighted by molar-refractivity contribution is -0.132. The van der Waals surface area contributed by atoms with E-state index in [-0.39, 0.29) is 24.2 Å². The molecule has 2 unspecified atom stereocenters. The molecule has 1 aliphatic heterocycles. The number of benzene rings is 1. The minimum Gasteiger partial charge on any atom is -0.364 e. The summed E-state index contributed by atoms with van der Waals surface area (Å²) in [5.74, 6) is -0.0802. The lowest BCUT2D eigenvalue weighted by Crippen LogP contribution is -2.36. The molecule has 104 valence electrons. The highest BCUT2D eigenvalue weighted by Gasteiger charge is 2.30. The molecule has 3 atom stereocenters. The van der Waals surface area contributed by atoms with Gasteiger partial charge in [0.2, 0.25) is 5.91 Å². The summed E-state index contributed by atoms with van der Waals surface area (Å²) >= 11 is 5.94. The van der Waals surface area contributed by atoms with Crippen molar-refractivity contribution in [3.8, 4) is 0 Å². The molecule has 1 saturated heterocycles. The Morgan fingerprint density at radius 2 is 2.37 bits per heavy atom. The first kappa shape index (κ1) is 14.3. The van der Waals surface area contributed by atoms with Gasteiger partial charge in [-0.2, -0.15) is 0 Å². The van der Waals surface area contributed by atoms with E-state index in [0.29, 0.717) is 11.6 Å². The second kappa shape index (κ2) is 6.37. The second-order valence-corrected chi connectivity index (χ2v) is 5.28. The maximum absolute atomic E-state index is 12.1. The molecule has 0 bridgehead atoms. The van der Waals surface area contributed by atoms with Crippen LogP contribution in [0.15, 0.2) is 24.3 Å². The van der Waals surface area contributed by atoms with Gasteiger partial charge >= 0.3 is 0 Å². The van der Waals surface area contributed by atoms with Crippen LogP contribution in [0.25, 0.3) is 0 Å². The molecule has 0 aliphatic carbocycles. The third kappa shape index (κ3) is 3.69. The molecule has 0 spiro atoms. The fourth-order valence-electron chi connectivity index (χ4n) is 2.24. The molecule has 0 radical (unpaired) electrons. The van der Waals surface area contributed by atoms with Crippen LogP contribution in [0, 0.1) is 0 Å². The molecule has 5 heteroatoms. The minimum absolute atomic E-state index is 0.0113. The number of carbonyl (C=O) groups excluding carboxylic acids is 1. The highest BCUT2D eigenvalue weighted by atomic mass is 35.5. The first-order valence-electron chi connectivity index (χ1n) is 6.51. The van der Waals surface area contributed by atoms with Gasteiger partial charge < -0.3 is 15.8 Å². The monoisotopic (exact) mass is 282 g/mol. The summed E-state index contributed by atoms with van der Waals surface area (Å²) in [6, 6.07) is 7.38. The highest BCUT2D eigenvalue weighted by Crippen LogP contribution is 2.21. The number of halogens is 1. The third-order valence-electron chi connectivity index (χ3n) is 3.37. The van der Waals surface area contributed by atoms with E-state index in [1.807, 2.05) is 31.2 Å². The van der Waals surface area contributed by atoms with Crippen molar-refractivity contribution in [1.82, 2.24) is 5.32 Å². The summed E-state index contributed by atoms with van der Waals surface area (Å²) in [5.41, 5.74) is 6.51. The zero-order chi connectivity index (χ0) is 13.8. The average Bonchev–Trinajstić information content (AvgIpc) is 2.87. The SMILES string of the molecule is C[C@@H](NC(=O)C1CCC(CN)O1)c1cccc(Cl)c1. The van der Waals surface area contributed by atoms with Crippen molar-refractivity contribution in [1.29, 1.82) is 0 Å². The molecule has 0 saturated carbocycles. The Labute approximate surface area is 118 Å². The van der Waals surface area contributed by atoms with Crippen LogP contribution in [0.3, 0.4) is 0 Å². The molecule has 1 aromatic rings. The second-order valence-electron chi connectivity index (χ2n) is 4.85. The molecule has 0 aromatic heterocycles. The van der Waals surface area contributed by atoms with Crippen molar-refractivity contribution in [2.24, 2.45) is 5.73 Å². The number of hydrogen-bond donors (Lipinski definition) is 2. The maximum Gasteiger partial charge on any atom is 0.249 e. The zero-order valence-electron chi connectivity index (χ0n) is 10.9. The maximum atomic E-state index is 12.1. The summed E-state index contributed by atoms with van der Waals surface area (Å²) in [7, 11) is 0. The Hall–Kier alpha value is -1.10. The molecule has 1 amide bonds. The van der Waals surface area contributed by atoms with Gasteiger partial charge in [-0.3, -0.25) is 4.79 Å². The van der Waals surface area contributed by atoms with Gasteiger partial charge in [0.25, 0.3) is 0 Å². The van der Waals surface area contributed by atoms with Crippen molar-refractivity contribution >= 4 is 17.5 Å². The van der Waals surface area contributed by atoms with Gasteiger partial charge in [0, 0.05) is 11.6 Å². The molecular formula is C14H19ClN2O2. The van der Waals surface area contributed by atoms with Gasteiger partial charge in [-0.15, -0.1) is 0 Å². The lowest BCUT2D eigenvalue weighted by Gasteiger charge is -2.18. The summed E-state index contributed by atoms with van der Waals surface area (Å²) in [4.78, 5) is 12.1. The normalized spacial score (nSPS) is 24.2. The molecule has 1 aromatic carbocycles. The van der Waals surface area contributed by atoms with E-state index in [1.165, 1.54) is 0 Å². The summed E-state index contributed by atoms with van der Waals surface area (Å²) < 4.78 is 5.57. The first-order valence-corrected chi connectivity index (χ1v) is 6.89. The molecule has 2 rings (SSSR count). The van der Waals surface area contributed by atoms with E-state index >= 15 is 0 Å². The Morgan fingerprint density at radius 1 is 1.58 bits per heavy atom. The van der Waals surface area contributed by atoms with Gasteiger partial charge in [0.1, 0.15) is 6.10 Å². The number of rotatable bonds is 4. The van der Waals surface area contributed by atoms with E-state index in [0.717, 1.165) is 18.4 Å². The topological polar surface area (TPSA) is 64.4 Å². The average molecular weight is 283 g/mol. The number of amides is 1. The van der Waals surface area contributed by atoms with E-state index in [9.17, 15) is 4.79 Å². The van der Waals surface area contributed by atoms with E-state index in [1.54, 1.807) is 0 Å². The minimum atomic E-state index is -0.379. The van der Waals surface area contributed by atoms with E-state index < -0.39 is 0 Å². The standard InChI is InChI=1S/C14H19ClN2O2/c1-9(10-3-2-4-11(15)7-10)17-14(18)13-6-5-12(8-16)19-13/h2-4,7,9,12-13H,5-6,8,16H2,1H3,(H,17,18)/t9-,12?,13?/m1/s1. The quantitative estimate of drug-likeness (QED) is 0.888. The fourth-order valence-corrected chi connectivity index (χ4v) is 2.44. The smallest absolute Gasteiger partial charge is 0.249 e. The van der Waals surface area contributed by atoms with E-state index in [2.05, 4.69) is 5.32 Å². The van der Waals surface area contributed by atoms with Crippen LogP contribution in [0.4, 0.5) is 0 Å². The van der Waals surface area contributed by atoms with Crippen LogP contribution in [-0.2, 0) is 9.53 Å². The molecule has 4 nitrogen and oxygen atoms in total. The molecule has 3 N–H and O–H groups in total. The summed E-state index contributed by atoms with van der Waals surface area (Å²) in [6.45, 7) is 2.40. The van der Waals surface area contributed by atoms with Gasteiger partial charge in [-0.05, 0) is 37.5 Å². The number of ether oxygens (including phenoxy) is 1. The van der Waals surface area contributed by atoms with Crippen molar-refractivity contribution in [2.75, 3.05) is 6.54 Å². The van der Waals surface area contributed by atoms with Crippen molar-refractivity contribution < 1.29 is 9.53 Å². The lowest BCUT2D eigenvalue weighted by atomic mass is 10.1. The first-order chi connectivity index (χ1) is 9.10. The Bertz CT molecular complexity index is 453. The highest BCUT2D eigenvalue weighted by molar-refractivity contribution is 6.30. The Kier molecular flexibility index (Phi) is 4.80. The van der Waals surface area contributed by atoms with Crippen LogP contribution >= 0.6 is 11.6 Å². The summed E-state index contributed by atoms with van der Waals surface area (Å²) in [6.07, 6.45) is 1.21. The summed E-state index contributed by atoms with van der Waals surface area (Å²) in [5, 5.41) is 3.61. The van der Waals surface area contributed by atoms with Crippen LogP contribution in [0.1, 0.15) is 31.4 Å². The largest absolute Gasteiger partial charge is 0.364 e. The van der Waals surface area contributed by atoms with Crippen molar-refractivity contribution in [3.05, 3.63) is 34.9 Å². The zero-order valence-corrected chi connectivity index (χ0v) is 11.7. The van der Waals surface area contributed by atoms with Crippen LogP contribution < -0.4 is 11.1 Å². The van der Waals surface area contributed by atoms with Gasteiger partial charge in [-0.25, -0.2) is 0 Å². The predicted octanol–water partition coefficient (Wildman–Crippen LogP) is 2.02. The van der Waals surface area contributed by atoms with Crippen LogP contribution in [-0.4, -0.2) is 24.7 Å². The molecule has 1 fully saturated rings. The number of hydrogen-bond acceptors (Lipinski definition) is 3. The molecular weight excluding hydrogens is 264 g/mol. The number of nitrogens with two attached hydrogens (primary N) is 1. The van der Waals surface area contributed by atoms with Crippen molar-refractivity contribution in [3.63, 3.8) is 0 Å². The Morgan fingerprint density at radius 3 is 3.00 bits per heavy atom. The third-order valence-corrected chi connectivity index (χ3v) is 3.61. The molecule has 19 heavy (non-hydrogen) atoms. The molecule has 1 heterocycles. The fraction of sp³-hybridized carbons (Fsp3) is 0.500. The van der Waals surface area contributed by atoms with Gasteiger partial charge in [0.05, 0.1) is 12.1 Å². The van der Waals surface area contributed by atoms with Crippen molar-refractivity contribution in [2.45, 2.75) is 38.0 Å². The number of carbonyl (C=O) groups is 1. The predicted molar refractivity (Wildman–Crippen MR) is 75.0 cm³/mol. The van der Waals surface area contributed by atoms with Gasteiger partial charge in [0.15, 0.2) is 0 Å². The number of nitrogens with one attached hydrogen (secondary N) is 1. The molecule has 1 aliphatic rings. The van der Waals surface area contributed by atoms with Crippen LogP contribution in [0.2, 0.25) is 5.02 Å². The van der Waals surface area contributed by atoms with E-state index in [4.69, 9.17) is 22.1 Å². The van der Waals surface area contributed by atoms with Gasteiger partial charge in [-0.1, -0.05) is 23.7 Å².